The van der Waals surface area contributed by atoms with Gasteiger partial charge in [-0.15, -0.1) is 0 Å². The second kappa shape index (κ2) is 6.80. The number of rotatable bonds is 5. The molecule has 0 saturated carbocycles. The molecule has 0 unspecified atom stereocenters. The van der Waals surface area contributed by atoms with E-state index in [4.69, 9.17) is 9.26 Å². The van der Waals surface area contributed by atoms with Crippen molar-refractivity contribution in [3.63, 3.8) is 0 Å². The maximum Gasteiger partial charge on any atom is 0.230 e. The SMILES string of the molecule is Cc1ccc(C)c(CN2C[C@]34C=C[C@H](O3)[C@H](C(=O)N(C)Cc3ccon3)[C@@H]4C2=O)c1. The number of nitrogens with zero attached hydrogens (tertiary/aromatic N) is 3. The summed E-state index contributed by atoms with van der Waals surface area (Å²) in [6.45, 7) is 5.45. The standard InChI is InChI=1S/C23H25N3O4/c1-14-4-5-15(2)16(10-14)11-26-13-23-8-6-18(30-23)19(20(23)22(26)28)21(27)25(3)12-17-7-9-29-24-17/h4-10,18-20H,11-13H2,1-3H3/t18-,19-,20+,23-/m0/s1. The number of carbonyl (C=O) groups is 2. The molecule has 2 fully saturated rings. The third-order valence-electron chi connectivity index (χ3n) is 6.60. The molecule has 7 nitrogen and oxygen atoms in total. The molecule has 0 N–H and O–H groups in total. The molecule has 4 heterocycles. The first-order valence-electron chi connectivity index (χ1n) is 10.2. The minimum atomic E-state index is -0.700. The van der Waals surface area contributed by atoms with Crippen LogP contribution in [0.4, 0.5) is 0 Å². The van der Waals surface area contributed by atoms with Crippen molar-refractivity contribution in [2.24, 2.45) is 11.8 Å². The Morgan fingerprint density at radius 2 is 2.17 bits per heavy atom. The van der Waals surface area contributed by atoms with Crippen LogP contribution in [0.3, 0.4) is 0 Å². The van der Waals surface area contributed by atoms with E-state index < -0.39 is 17.4 Å². The first kappa shape index (κ1) is 19.1. The fourth-order valence-corrected chi connectivity index (χ4v) is 5.06. The van der Waals surface area contributed by atoms with Crippen LogP contribution in [0.25, 0.3) is 0 Å². The van der Waals surface area contributed by atoms with Crippen LogP contribution in [0.2, 0.25) is 0 Å². The quantitative estimate of drug-likeness (QED) is 0.711. The van der Waals surface area contributed by atoms with Gasteiger partial charge < -0.3 is 19.1 Å². The normalized spacial score (nSPS) is 29.0. The minimum absolute atomic E-state index is 0.00376. The number of likely N-dealkylation sites (tertiary alicyclic amines) is 1. The predicted molar refractivity (Wildman–Crippen MR) is 108 cm³/mol. The number of benzene rings is 1. The zero-order valence-electron chi connectivity index (χ0n) is 17.4. The molecule has 7 heteroatoms. The average Bonchev–Trinajstić information content (AvgIpc) is 3.47. The summed E-state index contributed by atoms with van der Waals surface area (Å²) < 4.78 is 11.1. The smallest absolute Gasteiger partial charge is 0.230 e. The minimum Gasteiger partial charge on any atom is -0.364 e. The van der Waals surface area contributed by atoms with Crippen LogP contribution in [0.5, 0.6) is 0 Å². The monoisotopic (exact) mass is 407 g/mol. The lowest BCUT2D eigenvalue weighted by molar-refractivity contribution is -0.143. The van der Waals surface area contributed by atoms with Gasteiger partial charge in [-0.3, -0.25) is 9.59 Å². The number of hydrogen-bond donors (Lipinski definition) is 0. The van der Waals surface area contributed by atoms with Gasteiger partial charge in [0, 0.05) is 19.7 Å². The molecular weight excluding hydrogens is 382 g/mol. The molecule has 3 aliphatic rings. The van der Waals surface area contributed by atoms with Crippen molar-refractivity contribution >= 4 is 11.8 Å². The van der Waals surface area contributed by atoms with E-state index in [2.05, 4.69) is 37.2 Å². The van der Waals surface area contributed by atoms with Crippen molar-refractivity contribution in [1.82, 2.24) is 15.0 Å². The van der Waals surface area contributed by atoms with E-state index >= 15 is 0 Å². The van der Waals surface area contributed by atoms with Crippen molar-refractivity contribution in [3.8, 4) is 0 Å². The molecule has 30 heavy (non-hydrogen) atoms. The van der Waals surface area contributed by atoms with Crippen LogP contribution in [-0.4, -0.2) is 52.1 Å². The molecular formula is C23H25N3O4. The van der Waals surface area contributed by atoms with E-state index in [-0.39, 0.29) is 17.9 Å². The third-order valence-corrected chi connectivity index (χ3v) is 6.60. The van der Waals surface area contributed by atoms with Gasteiger partial charge in [-0.2, -0.15) is 0 Å². The van der Waals surface area contributed by atoms with Gasteiger partial charge in [0.1, 0.15) is 17.6 Å². The summed E-state index contributed by atoms with van der Waals surface area (Å²) >= 11 is 0. The maximum absolute atomic E-state index is 13.4. The lowest BCUT2D eigenvalue weighted by Gasteiger charge is -2.27. The van der Waals surface area contributed by atoms with Gasteiger partial charge in [-0.05, 0) is 25.0 Å². The lowest BCUT2D eigenvalue weighted by Crippen LogP contribution is -2.44. The number of fused-ring (bicyclic) bond motifs is 1. The highest BCUT2D eigenvalue weighted by Gasteiger charge is 2.67. The van der Waals surface area contributed by atoms with Crippen LogP contribution >= 0.6 is 0 Å². The second-order valence-corrected chi connectivity index (χ2v) is 8.71. The molecule has 2 amide bonds. The summed E-state index contributed by atoms with van der Waals surface area (Å²) in [5.41, 5.74) is 3.43. The Balaban J connectivity index is 1.38. The van der Waals surface area contributed by atoms with E-state index in [1.165, 1.54) is 11.8 Å². The number of ether oxygens (including phenoxy) is 1. The Bertz CT molecular complexity index is 1030. The van der Waals surface area contributed by atoms with Crippen LogP contribution in [0.15, 0.2) is 47.2 Å². The number of amides is 2. The predicted octanol–water partition coefficient (Wildman–Crippen LogP) is 2.23. The zero-order valence-corrected chi connectivity index (χ0v) is 17.4. The maximum atomic E-state index is 13.4. The summed E-state index contributed by atoms with van der Waals surface area (Å²) in [5.74, 6) is -1.09. The highest BCUT2D eigenvalue weighted by atomic mass is 16.5. The summed E-state index contributed by atoms with van der Waals surface area (Å²) in [6.07, 6.45) is 5.06. The zero-order chi connectivity index (χ0) is 21.0. The fourth-order valence-electron chi connectivity index (χ4n) is 5.06. The van der Waals surface area contributed by atoms with Crippen LogP contribution in [0, 0.1) is 25.7 Å². The molecule has 0 aliphatic carbocycles. The van der Waals surface area contributed by atoms with E-state index in [0.29, 0.717) is 25.3 Å². The van der Waals surface area contributed by atoms with Gasteiger partial charge in [-0.1, -0.05) is 41.1 Å². The molecule has 2 bridgehead atoms. The van der Waals surface area contributed by atoms with E-state index in [9.17, 15) is 9.59 Å². The van der Waals surface area contributed by atoms with E-state index in [0.717, 1.165) is 11.1 Å². The van der Waals surface area contributed by atoms with Crippen LogP contribution in [0.1, 0.15) is 22.4 Å². The Hall–Kier alpha value is -2.93. The van der Waals surface area contributed by atoms with Crippen molar-refractivity contribution in [2.75, 3.05) is 13.6 Å². The number of aryl methyl sites for hydroxylation is 2. The number of carbonyl (C=O) groups excluding carboxylic acids is 2. The molecule has 4 atom stereocenters. The third kappa shape index (κ3) is 2.88. The van der Waals surface area contributed by atoms with Gasteiger partial charge in [-0.25, -0.2) is 0 Å². The highest BCUT2D eigenvalue weighted by Crippen LogP contribution is 2.52. The molecule has 2 saturated heterocycles. The molecule has 1 aromatic carbocycles. The van der Waals surface area contributed by atoms with Crippen molar-refractivity contribution in [2.45, 2.75) is 38.6 Å². The van der Waals surface area contributed by atoms with Gasteiger partial charge in [0.15, 0.2) is 0 Å². The van der Waals surface area contributed by atoms with E-state index in [1.54, 1.807) is 18.0 Å². The lowest BCUT2D eigenvalue weighted by atomic mass is 9.76. The molecule has 156 valence electrons. The van der Waals surface area contributed by atoms with Crippen LogP contribution in [-0.2, 0) is 27.4 Å². The van der Waals surface area contributed by atoms with Crippen molar-refractivity contribution < 1.29 is 18.8 Å². The first-order chi connectivity index (χ1) is 14.4. The summed E-state index contributed by atoms with van der Waals surface area (Å²) in [5, 5.41) is 3.88. The van der Waals surface area contributed by atoms with Crippen molar-refractivity contribution in [3.05, 3.63) is 65.1 Å². The first-order valence-corrected chi connectivity index (χ1v) is 10.2. The Morgan fingerprint density at radius 3 is 2.93 bits per heavy atom. The Kier molecular flexibility index (Phi) is 4.32. The van der Waals surface area contributed by atoms with Gasteiger partial charge >= 0.3 is 0 Å². The summed E-state index contributed by atoms with van der Waals surface area (Å²) in [6, 6.07) is 8.01. The topological polar surface area (TPSA) is 75.9 Å². The van der Waals surface area contributed by atoms with Crippen molar-refractivity contribution in [1.29, 1.82) is 0 Å². The summed E-state index contributed by atoms with van der Waals surface area (Å²) in [7, 11) is 1.73. The molecule has 0 radical (unpaired) electrons. The molecule has 2 aromatic rings. The molecule has 5 rings (SSSR count). The highest BCUT2D eigenvalue weighted by molar-refractivity contribution is 5.93. The van der Waals surface area contributed by atoms with E-state index in [1.807, 2.05) is 17.1 Å². The fraction of sp³-hybridized carbons (Fsp3) is 0.435. The second-order valence-electron chi connectivity index (χ2n) is 8.71. The number of hydrogen-bond acceptors (Lipinski definition) is 5. The Morgan fingerprint density at radius 1 is 1.33 bits per heavy atom. The average molecular weight is 407 g/mol. The molecule has 3 aliphatic heterocycles. The van der Waals surface area contributed by atoms with Gasteiger partial charge in [0.2, 0.25) is 11.8 Å². The largest absolute Gasteiger partial charge is 0.364 e. The van der Waals surface area contributed by atoms with Gasteiger partial charge in [0.25, 0.3) is 0 Å². The molecule has 1 aromatic heterocycles. The van der Waals surface area contributed by atoms with Crippen LogP contribution < -0.4 is 0 Å². The number of aromatic nitrogens is 1. The Labute approximate surface area is 175 Å². The van der Waals surface area contributed by atoms with Gasteiger partial charge in [0.05, 0.1) is 31.0 Å². The molecule has 1 spiro atoms. The summed E-state index contributed by atoms with van der Waals surface area (Å²) in [4.78, 5) is 30.2.